The summed E-state index contributed by atoms with van der Waals surface area (Å²) in [5, 5.41) is 3.25. The summed E-state index contributed by atoms with van der Waals surface area (Å²) in [6, 6.07) is 17.8. The van der Waals surface area contributed by atoms with Crippen molar-refractivity contribution in [3.8, 4) is 0 Å². The van der Waals surface area contributed by atoms with Gasteiger partial charge in [0.25, 0.3) is 0 Å². The zero-order valence-corrected chi connectivity index (χ0v) is 17.6. The van der Waals surface area contributed by atoms with Crippen LogP contribution in [0.25, 0.3) is 11.0 Å². The van der Waals surface area contributed by atoms with Crippen molar-refractivity contribution in [1.29, 1.82) is 0 Å². The smallest absolute Gasteiger partial charge is 0.225 e. The Labute approximate surface area is 182 Å². The number of piperidine rings is 1. The predicted octanol–water partition coefficient (Wildman–Crippen LogP) is 3.61. The predicted molar refractivity (Wildman–Crippen MR) is 119 cm³/mol. The number of aromatic amines is 1. The second kappa shape index (κ2) is 8.53. The third-order valence-electron chi connectivity index (χ3n) is 6.37. The summed E-state index contributed by atoms with van der Waals surface area (Å²) in [5.74, 6) is 1.03. The molecule has 1 aliphatic heterocycles. The highest BCUT2D eigenvalue weighted by Crippen LogP contribution is 2.32. The molecule has 6 nitrogen and oxygen atoms in total. The van der Waals surface area contributed by atoms with Crippen LogP contribution in [0.3, 0.4) is 0 Å². The van der Waals surface area contributed by atoms with Crippen LogP contribution in [0.15, 0.2) is 54.6 Å². The van der Waals surface area contributed by atoms with Crippen LogP contribution in [0.5, 0.6) is 0 Å². The molecule has 2 heterocycles. The highest BCUT2D eigenvalue weighted by atomic mass is 16.2. The zero-order chi connectivity index (χ0) is 21.2. The minimum absolute atomic E-state index is 0.00897. The normalized spacial score (nSPS) is 19.9. The average Bonchev–Trinajstić information content (AvgIpc) is 3.57. The number of hydrogen-bond donors (Lipinski definition) is 2. The number of H-pyrrole nitrogens is 1. The van der Waals surface area contributed by atoms with Crippen molar-refractivity contribution in [3.05, 3.63) is 66.0 Å². The number of amides is 2. The number of aromatic nitrogens is 2. The molecule has 2 atom stereocenters. The van der Waals surface area contributed by atoms with Gasteiger partial charge in [-0.2, -0.15) is 0 Å². The van der Waals surface area contributed by atoms with E-state index in [-0.39, 0.29) is 29.7 Å². The molecule has 6 heteroatoms. The van der Waals surface area contributed by atoms with Gasteiger partial charge in [-0.15, -0.1) is 0 Å². The molecule has 1 saturated carbocycles. The van der Waals surface area contributed by atoms with Crippen LogP contribution in [0, 0.1) is 11.8 Å². The minimum Gasteiger partial charge on any atom is -0.346 e. The average molecular weight is 417 g/mol. The third-order valence-corrected chi connectivity index (χ3v) is 6.37. The Kier molecular flexibility index (Phi) is 5.45. The fraction of sp³-hybridized carbons (Fsp3) is 0.400. The molecule has 2 aliphatic rings. The monoisotopic (exact) mass is 416 g/mol. The molecule has 2 amide bonds. The van der Waals surface area contributed by atoms with Crippen LogP contribution in [0.4, 0.5) is 0 Å². The second-order valence-corrected chi connectivity index (χ2v) is 8.79. The Balaban J connectivity index is 1.34. The number of nitrogens with one attached hydrogen (secondary N) is 2. The SMILES string of the molecule is O=C(N[C@@H](Cc1ccccc1)c1nc2ccccc2[nH]1)C1CCCN(C(=O)C2CC2)C1. The molecule has 0 bridgehead atoms. The molecule has 1 aliphatic carbocycles. The number of benzene rings is 2. The maximum Gasteiger partial charge on any atom is 0.225 e. The Morgan fingerprint density at radius 2 is 1.81 bits per heavy atom. The first-order valence-corrected chi connectivity index (χ1v) is 11.2. The van der Waals surface area contributed by atoms with Crippen molar-refractivity contribution in [2.24, 2.45) is 11.8 Å². The standard InChI is InChI=1S/C25H28N4O2/c30-24(19-9-6-14-29(16-19)25(31)18-12-13-18)28-22(15-17-7-2-1-3-8-17)23-26-20-10-4-5-11-21(20)27-23/h1-5,7-8,10-11,18-19,22H,6,9,12-16H2,(H,26,27)(H,28,30)/t19?,22-/m0/s1. The molecule has 0 radical (unpaired) electrons. The van der Waals surface area contributed by atoms with Gasteiger partial charge in [-0.3, -0.25) is 9.59 Å². The third kappa shape index (κ3) is 4.48. The van der Waals surface area contributed by atoms with Gasteiger partial charge < -0.3 is 15.2 Å². The van der Waals surface area contributed by atoms with Crippen molar-refractivity contribution in [2.45, 2.75) is 38.1 Å². The van der Waals surface area contributed by atoms with Crippen LogP contribution in [-0.2, 0) is 16.0 Å². The number of imidazole rings is 1. The molecule has 3 aromatic rings. The van der Waals surface area contributed by atoms with Crippen molar-refractivity contribution in [3.63, 3.8) is 0 Å². The lowest BCUT2D eigenvalue weighted by Crippen LogP contribution is -2.46. The summed E-state index contributed by atoms with van der Waals surface area (Å²) in [7, 11) is 0. The Morgan fingerprint density at radius 3 is 2.58 bits per heavy atom. The number of hydrogen-bond acceptors (Lipinski definition) is 3. The first kappa shape index (κ1) is 19.8. The van der Waals surface area contributed by atoms with E-state index in [4.69, 9.17) is 4.98 Å². The molecule has 1 unspecified atom stereocenters. The summed E-state index contributed by atoms with van der Waals surface area (Å²) in [5.41, 5.74) is 3.00. The Morgan fingerprint density at radius 1 is 1.03 bits per heavy atom. The molecule has 1 aromatic heterocycles. The summed E-state index contributed by atoms with van der Waals surface area (Å²) >= 11 is 0. The molecule has 1 saturated heterocycles. The van der Waals surface area contributed by atoms with E-state index in [2.05, 4.69) is 22.4 Å². The first-order chi connectivity index (χ1) is 15.2. The molecule has 160 valence electrons. The second-order valence-electron chi connectivity index (χ2n) is 8.79. The van der Waals surface area contributed by atoms with Gasteiger partial charge in [-0.1, -0.05) is 42.5 Å². The van der Waals surface area contributed by atoms with E-state index < -0.39 is 0 Å². The van der Waals surface area contributed by atoms with Gasteiger partial charge in [0, 0.05) is 19.0 Å². The molecule has 31 heavy (non-hydrogen) atoms. The van der Waals surface area contributed by atoms with Crippen molar-refractivity contribution >= 4 is 22.8 Å². The lowest BCUT2D eigenvalue weighted by Gasteiger charge is -2.33. The Hall–Kier alpha value is -3.15. The zero-order valence-electron chi connectivity index (χ0n) is 17.6. The van der Waals surface area contributed by atoms with Crippen LogP contribution in [-0.4, -0.2) is 39.8 Å². The largest absolute Gasteiger partial charge is 0.346 e. The molecule has 5 rings (SSSR count). The van der Waals surface area contributed by atoms with E-state index in [0.29, 0.717) is 13.0 Å². The van der Waals surface area contributed by atoms with Gasteiger partial charge in [0.15, 0.2) is 0 Å². The first-order valence-electron chi connectivity index (χ1n) is 11.2. The number of carbonyl (C=O) groups is 2. The number of fused-ring (bicyclic) bond motifs is 1. The van der Waals surface area contributed by atoms with Gasteiger partial charge in [-0.05, 0) is 49.8 Å². The minimum atomic E-state index is -0.253. The maximum absolute atomic E-state index is 13.3. The van der Waals surface area contributed by atoms with E-state index in [1.807, 2.05) is 47.4 Å². The molecule has 2 fully saturated rings. The van der Waals surface area contributed by atoms with Crippen LogP contribution in [0.2, 0.25) is 0 Å². The number of rotatable bonds is 6. The fourth-order valence-electron chi connectivity index (χ4n) is 4.47. The van der Waals surface area contributed by atoms with Crippen molar-refractivity contribution < 1.29 is 9.59 Å². The lowest BCUT2D eigenvalue weighted by atomic mass is 9.95. The fourth-order valence-corrected chi connectivity index (χ4v) is 4.47. The van der Waals surface area contributed by atoms with E-state index in [0.717, 1.165) is 54.6 Å². The summed E-state index contributed by atoms with van der Waals surface area (Å²) in [6.45, 7) is 1.30. The summed E-state index contributed by atoms with van der Waals surface area (Å²) < 4.78 is 0. The van der Waals surface area contributed by atoms with Crippen LogP contribution >= 0.6 is 0 Å². The van der Waals surface area contributed by atoms with E-state index in [1.165, 1.54) is 0 Å². The topological polar surface area (TPSA) is 78.1 Å². The number of carbonyl (C=O) groups excluding carboxylic acids is 2. The van der Waals surface area contributed by atoms with Gasteiger partial charge in [0.05, 0.1) is 23.0 Å². The van der Waals surface area contributed by atoms with Crippen LogP contribution in [0.1, 0.15) is 43.1 Å². The number of likely N-dealkylation sites (tertiary alicyclic amines) is 1. The molecule has 0 spiro atoms. The molecular weight excluding hydrogens is 388 g/mol. The molecular formula is C25H28N4O2. The van der Waals surface area contributed by atoms with Gasteiger partial charge in [0.2, 0.25) is 11.8 Å². The summed E-state index contributed by atoms with van der Waals surface area (Å²) in [6.07, 6.45) is 4.35. The van der Waals surface area contributed by atoms with Crippen molar-refractivity contribution in [1.82, 2.24) is 20.2 Å². The van der Waals surface area contributed by atoms with Crippen LogP contribution < -0.4 is 5.32 Å². The van der Waals surface area contributed by atoms with E-state index >= 15 is 0 Å². The van der Waals surface area contributed by atoms with E-state index in [9.17, 15) is 9.59 Å². The lowest BCUT2D eigenvalue weighted by molar-refractivity contribution is -0.137. The van der Waals surface area contributed by atoms with Gasteiger partial charge in [-0.25, -0.2) is 4.98 Å². The summed E-state index contributed by atoms with van der Waals surface area (Å²) in [4.78, 5) is 35.8. The highest BCUT2D eigenvalue weighted by molar-refractivity contribution is 5.84. The Bertz CT molecular complexity index is 1040. The quantitative estimate of drug-likeness (QED) is 0.644. The van der Waals surface area contributed by atoms with Gasteiger partial charge in [0.1, 0.15) is 5.82 Å². The highest BCUT2D eigenvalue weighted by Gasteiger charge is 2.37. The van der Waals surface area contributed by atoms with Crippen molar-refractivity contribution in [2.75, 3.05) is 13.1 Å². The number of para-hydroxylation sites is 2. The van der Waals surface area contributed by atoms with E-state index in [1.54, 1.807) is 0 Å². The maximum atomic E-state index is 13.3. The molecule has 2 N–H and O–H groups in total. The number of nitrogens with zero attached hydrogens (tertiary/aromatic N) is 2. The molecule has 2 aromatic carbocycles. The van der Waals surface area contributed by atoms with Gasteiger partial charge >= 0.3 is 0 Å².